The van der Waals surface area contributed by atoms with E-state index in [1.54, 1.807) is 0 Å². The minimum atomic E-state index is -5.11. The number of alkyl halides is 6. The zero-order chi connectivity index (χ0) is 14.1. The molecule has 1 aromatic heterocycles. The van der Waals surface area contributed by atoms with E-state index in [4.69, 9.17) is 16.7 Å². The second-order valence-electron chi connectivity index (χ2n) is 3.16. The highest BCUT2D eigenvalue weighted by Gasteiger charge is 2.39. The molecule has 0 fully saturated rings. The van der Waals surface area contributed by atoms with Crippen molar-refractivity contribution < 1.29 is 31.9 Å². The number of halogens is 6. The van der Waals surface area contributed by atoms with Crippen molar-refractivity contribution in [1.29, 1.82) is 0 Å². The number of aromatic nitrogens is 1. The lowest BCUT2D eigenvalue weighted by atomic mass is 10.1. The molecule has 1 N–H and O–H groups in total. The molecule has 1 heterocycles. The third-order valence-electron chi connectivity index (χ3n) is 1.99. The van der Waals surface area contributed by atoms with Crippen LogP contribution in [0.2, 0.25) is 0 Å². The number of pyridine rings is 1. The summed E-state index contributed by atoms with van der Waals surface area (Å²) in [6.45, 7) is 0. The molecule has 0 bridgehead atoms. The van der Waals surface area contributed by atoms with Crippen molar-refractivity contribution in [2.45, 2.75) is 18.5 Å². The summed E-state index contributed by atoms with van der Waals surface area (Å²) >= 11 is 5.25. The highest BCUT2D eigenvalue weighted by molar-refractivity contribution is 6.17. The number of nitrogens with zero attached hydrogens (tertiary/aromatic N) is 1. The number of carboxylic acid groups (broad SMARTS) is 1. The Morgan fingerprint density at radius 2 is 2.00 bits per heavy atom. The van der Waals surface area contributed by atoms with Gasteiger partial charge < -0.3 is 5.11 Å². The van der Waals surface area contributed by atoms with Gasteiger partial charge in [0, 0.05) is 5.56 Å². The second-order valence-corrected chi connectivity index (χ2v) is 3.42. The maximum Gasteiger partial charge on any atom is 0.433 e. The van der Waals surface area contributed by atoms with E-state index in [1.807, 2.05) is 0 Å². The van der Waals surface area contributed by atoms with Crippen LogP contribution in [-0.4, -0.2) is 16.1 Å². The van der Waals surface area contributed by atoms with Crippen molar-refractivity contribution in [3.63, 3.8) is 0 Å². The molecule has 0 aliphatic carbocycles. The van der Waals surface area contributed by atoms with Crippen LogP contribution in [0.15, 0.2) is 6.07 Å². The van der Waals surface area contributed by atoms with Crippen molar-refractivity contribution in [2.24, 2.45) is 0 Å². The number of hydrogen-bond donors (Lipinski definition) is 1. The van der Waals surface area contributed by atoms with Crippen LogP contribution < -0.4 is 0 Å². The standard InChI is InChI=1S/C9H5ClF5NO2/c10-2-5-3(8(17)18)1-4(7(11)12)6(16-5)9(13,14)15/h1,7H,2H2,(H,17,18). The van der Waals surface area contributed by atoms with Crippen LogP contribution in [0.1, 0.15) is 33.7 Å². The zero-order valence-electron chi connectivity index (χ0n) is 8.43. The molecule has 9 heteroatoms. The summed E-state index contributed by atoms with van der Waals surface area (Å²) in [6.07, 6.45) is -8.60. The van der Waals surface area contributed by atoms with E-state index in [-0.39, 0.29) is 6.07 Å². The van der Waals surface area contributed by atoms with E-state index in [0.29, 0.717) is 0 Å². The normalized spacial score (nSPS) is 11.9. The molecule has 0 unspecified atom stereocenters. The summed E-state index contributed by atoms with van der Waals surface area (Å²) in [7, 11) is 0. The van der Waals surface area contributed by atoms with E-state index in [2.05, 4.69) is 4.98 Å². The van der Waals surface area contributed by atoms with Gasteiger partial charge in [0.25, 0.3) is 6.43 Å². The number of carbonyl (C=O) groups is 1. The van der Waals surface area contributed by atoms with Crippen LogP contribution in [0, 0.1) is 0 Å². The Kier molecular flexibility index (Phi) is 4.10. The van der Waals surface area contributed by atoms with E-state index in [1.165, 1.54) is 0 Å². The summed E-state index contributed by atoms with van der Waals surface area (Å²) < 4.78 is 62.4. The van der Waals surface area contributed by atoms with E-state index in [9.17, 15) is 26.7 Å². The van der Waals surface area contributed by atoms with Gasteiger partial charge in [0.15, 0.2) is 5.69 Å². The lowest BCUT2D eigenvalue weighted by Crippen LogP contribution is -2.17. The van der Waals surface area contributed by atoms with Gasteiger partial charge in [-0.2, -0.15) is 13.2 Å². The van der Waals surface area contributed by atoms with Crippen molar-refractivity contribution in [2.75, 3.05) is 0 Å². The fourth-order valence-corrected chi connectivity index (χ4v) is 1.45. The molecule has 0 saturated carbocycles. The van der Waals surface area contributed by atoms with Crippen molar-refractivity contribution >= 4 is 17.6 Å². The lowest BCUT2D eigenvalue weighted by molar-refractivity contribution is -0.143. The van der Waals surface area contributed by atoms with Gasteiger partial charge in [0.05, 0.1) is 17.1 Å². The molecular formula is C9H5ClF5NO2. The molecular weight excluding hydrogens is 285 g/mol. The molecule has 3 nitrogen and oxygen atoms in total. The van der Waals surface area contributed by atoms with Gasteiger partial charge in [0.2, 0.25) is 0 Å². The summed E-state index contributed by atoms with van der Waals surface area (Å²) in [5.41, 5.74) is -4.68. The second kappa shape index (κ2) is 5.05. The SMILES string of the molecule is O=C(O)c1cc(C(F)F)c(C(F)(F)F)nc1CCl. The third kappa shape index (κ3) is 2.87. The van der Waals surface area contributed by atoms with Crippen LogP contribution in [0.3, 0.4) is 0 Å². The van der Waals surface area contributed by atoms with E-state index in [0.717, 1.165) is 0 Å². The van der Waals surface area contributed by atoms with Gasteiger partial charge in [-0.05, 0) is 6.07 Å². The minimum Gasteiger partial charge on any atom is -0.478 e. The molecule has 18 heavy (non-hydrogen) atoms. The summed E-state index contributed by atoms with van der Waals surface area (Å²) in [4.78, 5) is 13.6. The largest absolute Gasteiger partial charge is 0.478 e. The minimum absolute atomic E-state index is 0.251. The highest BCUT2D eigenvalue weighted by Crippen LogP contribution is 2.36. The van der Waals surface area contributed by atoms with E-state index >= 15 is 0 Å². The van der Waals surface area contributed by atoms with Crippen LogP contribution in [0.25, 0.3) is 0 Å². The van der Waals surface area contributed by atoms with Crippen molar-refractivity contribution in [3.8, 4) is 0 Å². The quantitative estimate of drug-likeness (QED) is 0.684. The van der Waals surface area contributed by atoms with Crippen LogP contribution in [-0.2, 0) is 12.1 Å². The van der Waals surface area contributed by atoms with Gasteiger partial charge in [-0.15, -0.1) is 11.6 Å². The number of carboxylic acids is 1. The first-order valence-electron chi connectivity index (χ1n) is 4.37. The zero-order valence-corrected chi connectivity index (χ0v) is 9.19. The fraction of sp³-hybridized carbons (Fsp3) is 0.333. The van der Waals surface area contributed by atoms with Gasteiger partial charge >= 0.3 is 12.1 Å². The van der Waals surface area contributed by atoms with Crippen molar-refractivity contribution in [1.82, 2.24) is 4.98 Å². The Labute approximate surface area is 102 Å². The van der Waals surface area contributed by atoms with Crippen LogP contribution in [0.5, 0.6) is 0 Å². The van der Waals surface area contributed by atoms with Crippen LogP contribution >= 0.6 is 11.6 Å². The number of aromatic carboxylic acids is 1. The van der Waals surface area contributed by atoms with Crippen LogP contribution in [0.4, 0.5) is 22.0 Å². The lowest BCUT2D eigenvalue weighted by Gasteiger charge is -2.14. The molecule has 1 aromatic rings. The Morgan fingerprint density at radius 1 is 1.44 bits per heavy atom. The maximum absolute atomic E-state index is 12.5. The Hall–Kier alpha value is -1.44. The molecule has 0 amide bonds. The summed E-state index contributed by atoms with van der Waals surface area (Å²) in [5, 5.41) is 8.67. The number of rotatable bonds is 3. The maximum atomic E-state index is 12.5. The first-order valence-corrected chi connectivity index (χ1v) is 4.90. The predicted octanol–water partition coefficient (Wildman–Crippen LogP) is 3.48. The molecule has 0 aliphatic heterocycles. The average Bonchev–Trinajstić information content (AvgIpc) is 2.25. The average molecular weight is 290 g/mol. The predicted molar refractivity (Wildman–Crippen MR) is 50.7 cm³/mol. The molecule has 0 atom stereocenters. The Balaban J connectivity index is 3.57. The molecule has 1 rings (SSSR count). The smallest absolute Gasteiger partial charge is 0.433 e. The van der Waals surface area contributed by atoms with Gasteiger partial charge in [-0.25, -0.2) is 18.6 Å². The summed E-state index contributed by atoms with van der Waals surface area (Å²) in [6, 6.07) is 0.251. The first kappa shape index (κ1) is 14.6. The van der Waals surface area contributed by atoms with Crippen molar-refractivity contribution in [3.05, 3.63) is 28.6 Å². The molecule has 0 saturated heterocycles. The van der Waals surface area contributed by atoms with Gasteiger partial charge in [-0.3, -0.25) is 0 Å². The van der Waals surface area contributed by atoms with Gasteiger partial charge in [-0.1, -0.05) is 0 Å². The molecule has 0 radical (unpaired) electrons. The molecule has 0 spiro atoms. The molecule has 0 aliphatic rings. The first-order chi connectivity index (χ1) is 8.18. The summed E-state index contributed by atoms with van der Waals surface area (Å²) in [5.74, 6) is -2.30. The monoisotopic (exact) mass is 289 g/mol. The molecule has 0 aromatic carbocycles. The van der Waals surface area contributed by atoms with Gasteiger partial charge in [0.1, 0.15) is 0 Å². The Bertz CT molecular complexity index is 475. The molecule has 100 valence electrons. The Morgan fingerprint density at radius 3 is 2.33 bits per heavy atom. The third-order valence-corrected chi connectivity index (χ3v) is 2.24. The number of hydrogen-bond acceptors (Lipinski definition) is 2. The van der Waals surface area contributed by atoms with E-state index < -0.39 is 47.0 Å². The topological polar surface area (TPSA) is 50.2 Å². The highest BCUT2D eigenvalue weighted by atomic mass is 35.5. The fourth-order valence-electron chi connectivity index (χ4n) is 1.25.